The van der Waals surface area contributed by atoms with Crippen molar-refractivity contribution in [1.29, 1.82) is 0 Å². The summed E-state index contributed by atoms with van der Waals surface area (Å²) in [5.41, 5.74) is -0.0195. The maximum Gasteiger partial charge on any atom is 0.243 e. The van der Waals surface area contributed by atoms with Gasteiger partial charge in [0.05, 0.1) is 10.5 Å². The Bertz CT molecular complexity index is 1190. The normalized spacial score (nSPS) is 17.8. The number of H-pyrrole nitrogens is 1. The molecule has 168 valence electrons. The van der Waals surface area contributed by atoms with Gasteiger partial charge in [0.2, 0.25) is 15.8 Å². The number of nitrogens with one attached hydrogen (secondary N) is 1. The molecule has 0 unspecified atom stereocenters. The molecule has 11 nitrogen and oxygen atoms in total. The predicted octanol–water partition coefficient (Wildman–Crippen LogP) is 0.907. The minimum atomic E-state index is -3.81. The number of nitrogens with zero attached hydrogens (tertiary/aromatic N) is 8. The molecule has 2 aliphatic heterocycles. The van der Waals surface area contributed by atoms with Gasteiger partial charge in [-0.2, -0.15) is 9.52 Å². The van der Waals surface area contributed by atoms with E-state index in [4.69, 9.17) is 0 Å². The topological polar surface area (TPSA) is 124 Å². The molecule has 0 atom stereocenters. The number of aromatic amines is 1. The number of hydrogen-bond donors (Lipinski definition) is 1. The van der Waals surface area contributed by atoms with Gasteiger partial charge in [-0.3, -0.25) is 0 Å². The van der Waals surface area contributed by atoms with Crippen LogP contribution in [0.5, 0.6) is 0 Å². The molecule has 2 aliphatic rings. The van der Waals surface area contributed by atoms with E-state index in [0.29, 0.717) is 26.2 Å². The molecule has 1 N–H and O–H groups in total. The van der Waals surface area contributed by atoms with Crippen LogP contribution in [0.15, 0.2) is 35.5 Å². The summed E-state index contributed by atoms with van der Waals surface area (Å²) < 4.78 is 42.0. The largest absolute Gasteiger partial charge is 0.356 e. The number of benzene rings is 1. The summed E-state index contributed by atoms with van der Waals surface area (Å²) >= 11 is 0. The number of anilines is 2. The van der Waals surface area contributed by atoms with Gasteiger partial charge in [0.25, 0.3) is 0 Å². The van der Waals surface area contributed by atoms with Crippen LogP contribution in [0.4, 0.5) is 16.0 Å². The maximum atomic E-state index is 14.2. The standard InChI is InChI=1S/C19H22FN9O2S/c20-16-4-3-14(11-15(16)19-23-25-26-24-19)32(30,31)29-9-7-28(8-10-29)18-12-17(21-13-22-18)27-5-1-2-6-27/h3-4,11-13H,1-2,5-10H2,(H,23,24,25,26). The van der Waals surface area contributed by atoms with Crippen LogP contribution < -0.4 is 9.80 Å². The number of piperazine rings is 1. The SMILES string of the molecule is O=S(=O)(c1ccc(F)c(-c2nn[nH]n2)c1)N1CCN(c2cc(N3CCCC3)ncn2)CC1. The van der Waals surface area contributed by atoms with Crippen molar-refractivity contribution in [3.8, 4) is 11.4 Å². The van der Waals surface area contributed by atoms with E-state index in [-0.39, 0.29) is 16.3 Å². The third kappa shape index (κ3) is 3.88. The number of halogens is 1. The van der Waals surface area contributed by atoms with Gasteiger partial charge in [-0.25, -0.2) is 22.8 Å². The summed E-state index contributed by atoms with van der Waals surface area (Å²) in [5, 5.41) is 13.1. The van der Waals surface area contributed by atoms with E-state index in [1.807, 2.05) is 6.07 Å². The first-order chi connectivity index (χ1) is 15.5. The molecule has 0 spiro atoms. The Kier molecular flexibility index (Phi) is 5.43. The number of aromatic nitrogens is 6. The first-order valence-electron chi connectivity index (χ1n) is 10.4. The Morgan fingerprint density at radius 2 is 1.59 bits per heavy atom. The lowest BCUT2D eigenvalue weighted by Gasteiger charge is -2.35. The predicted molar refractivity (Wildman–Crippen MR) is 114 cm³/mol. The van der Waals surface area contributed by atoms with E-state index < -0.39 is 15.8 Å². The zero-order valence-corrected chi connectivity index (χ0v) is 18.0. The van der Waals surface area contributed by atoms with Crippen LogP contribution in [0.3, 0.4) is 0 Å². The highest BCUT2D eigenvalue weighted by molar-refractivity contribution is 7.89. The fourth-order valence-electron chi connectivity index (χ4n) is 4.05. The van der Waals surface area contributed by atoms with Crippen molar-refractivity contribution >= 4 is 21.7 Å². The van der Waals surface area contributed by atoms with Crippen LogP contribution in [-0.4, -0.2) is 82.6 Å². The van der Waals surface area contributed by atoms with Crippen LogP contribution in [0.1, 0.15) is 12.8 Å². The second-order valence-electron chi connectivity index (χ2n) is 7.70. The lowest BCUT2D eigenvalue weighted by atomic mass is 10.2. The first-order valence-corrected chi connectivity index (χ1v) is 11.8. The molecule has 4 heterocycles. The lowest BCUT2D eigenvalue weighted by Crippen LogP contribution is -2.49. The third-order valence-electron chi connectivity index (χ3n) is 5.79. The van der Waals surface area contributed by atoms with Crippen molar-refractivity contribution < 1.29 is 12.8 Å². The summed E-state index contributed by atoms with van der Waals surface area (Å²) in [5.74, 6) is 1.08. The molecule has 2 saturated heterocycles. The second-order valence-corrected chi connectivity index (χ2v) is 9.63. The van der Waals surface area contributed by atoms with E-state index in [0.717, 1.165) is 43.6 Å². The van der Waals surface area contributed by atoms with Crippen molar-refractivity contribution in [3.63, 3.8) is 0 Å². The fourth-order valence-corrected chi connectivity index (χ4v) is 5.50. The van der Waals surface area contributed by atoms with Crippen molar-refractivity contribution in [2.45, 2.75) is 17.7 Å². The van der Waals surface area contributed by atoms with E-state index in [1.54, 1.807) is 6.33 Å². The van der Waals surface area contributed by atoms with Crippen LogP contribution >= 0.6 is 0 Å². The van der Waals surface area contributed by atoms with Crippen LogP contribution in [0.2, 0.25) is 0 Å². The average Bonchev–Trinajstić information content (AvgIpc) is 3.54. The van der Waals surface area contributed by atoms with E-state index in [2.05, 4.69) is 40.4 Å². The van der Waals surface area contributed by atoms with Gasteiger partial charge >= 0.3 is 0 Å². The molecule has 0 saturated carbocycles. The van der Waals surface area contributed by atoms with E-state index in [1.165, 1.54) is 16.4 Å². The Labute approximate surface area is 184 Å². The highest BCUT2D eigenvalue weighted by Gasteiger charge is 2.30. The lowest BCUT2D eigenvalue weighted by molar-refractivity contribution is 0.383. The highest BCUT2D eigenvalue weighted by Crippen LogP contribution is 2.27. The highest BCUT2D eigenvalue weighted by atomic mass is 32.2. The van der Waals surface area contributed by atoms with Gasteiger partial charge in [0, 0.05) is 45.3 Å². The third-order valence-corrected chi connectivity index (χ3v) is 7.69. The Morgan fingerprint density at radius 3 is 2.25 bits per heavy atom. The average molecular weight is 460 g/mol. The zero-order chi connectivity index (χ0) is 22.1. The number of sulfonamides is 1. The summed E-state index contributed by atoms with van der Waals surface area (Å²) in [6.45, 7) is 3.56. The summed E-state index contributed by atoms with van der Waals surface area (Å²) in [6, 6.07) is 5.57. The monoisotopic (exact) mass is 459 g/mol. The van der Waals surface area contributed by atoms with Crippen molar-refractivity contribution in [2.24, 2.45) is 0 Å². The van der Waals surface area contributed by atoms with Gasteiger partial charge in [-0.05, 0) is 36.3 Å². The molecule has 5 rings (SSSR count). The van der Waals surface area contributed by atoms with Crippen molar-refractivity contribution in [1.82, 2.24) is 34.9 Å². The number of hydrogen-bond acceptors (Lipinski definition) is 9. The second kappa shape index (κ2) is 8.39. The molecule has 1 aromatic carbocycles. The quantitative estimate of drug-likeness (QED) is 0.593. The maximum absolute atomic E-state index is 14.2. The molecular formula is C19H22FN9O2S. The molecule has 13 heteroatoms. The van der Waals surface area contributed by atoms with Crippen molar-refractivity contribution in [2.75, 3.05) is 49.1 Å². The Morgan fingerprint density at radius 1 is 0.906 bits per heavy atom. The Balaban J connectivity index is 1.31. The zero-order valence-electron chi connectivity index (χ0n) is 17.2. The number of tetrazole rings is 1. The summed E-state index contributed by atoms with van der Waals surface area (Å²) in [4.78, 5) is 13.1. The molecule has 0 radical (unpaired) electrons. The molecule has 2 fully saturated rings. The number of rotatable bonds is 5. The molecule has 0 amide bonds. The van der Waals surface area contributed by atoms with Crippen LogP contribution in [0, 0.1) is 5.82 Å². The smallest absolute Gasteiger partial charge is 0.243 e. The minimum Gasteiger partial charge on any atom is -0.356 e. The van der Waals surface area contributed by atoms with E-state index >= 15 is 0 Å². The fraction of sp³-hybridized carbons (Fsp3) is 0.421. The van der Waals surface area contributed by atoms with E-state index in [9.17, 15) is 12.8 Å². The molecule has 32 heavy (non-hydrogen) atoms. The molecule has 3 aromatic rings. The minimum absolute atomic E-state index is 0.00179. The summed E-state index contributed by atoms with van der Waals surface area (Å²) in [6.07, 6.45) is 3.88. The van der Waals surface area contributed by atoms with Crippen molar-refractivity contribution in [3.05, 3.63) is 36.4 Å². The van der Waals surface area contributed by atoms with Crippen LogP contribution in [0.25, 0.3) is 11.4 Å². The van der Waals surface area contributed by atoms with Gasteiger partial charge in [0.15, 0.2) is 0 Å². The molecule has 0 bridgehead atoms. The molecular weight excluding hydrogens is 437 g/mol. The van der Waals surface area contributed by atoms with Gasteiger partial charge in [0.1, 0.15) is 23.8 Å². The molecule has 0 aliphatic carbocycles. The molecule has 2 aromatic heterocycles. The summed E-state index contributed by atoms with van der Waals surface area (Å²) in [7, 11) is -3.81. The Hall–Kier alpha value is -3.19. The first kappa shape index (κ1) is 20.7. The van der Waals surface area contributed by atoms with Crippen LogP contribution in [-0.2, 0) is 10.0 Å². The van der Waals surface area contributed by atoms with Gasteiger partial charge in [-0.1, -0.05) is 0 Å². The van der Waals surface area contributed by atoms with Gasteiger partial charge < -0.3 is 9.80 Å². The van der Waals surface area contributed by atoms with Gasteiger partial charge in [-0.15, -0.1) is 10.2 Å².